The van der Waals surface area contributed by atoms with Gasteiger partial charge in [0, 0.05) is 12.8 Å². The Morgan fingerprint density at radius 1 is 0.310 bits per heavy atom. The van der Waals surface area contributed by atoms with E-state index in [1.165, 1.54) is 295 Å². The molecular formula is C90H165NO8P+. The molecule has 0 saturated heterocycles. The number of hydrogen-bond donors (Lipinski definition) is 1. The molecule has 0 spiro atoms. The van der Waals surface area contributed by atoms with Crippen molar-refractivity contribution in [3.8, 4) is 0 Å². The Morgan fingerprint density at radius 2 is 0.540 bits per heavy atom. The summed E-state index contributed by atoms with van der Waals surface area (Å²) < 4.78 is 34.9. The van der Waals surface area contributed by atoms with Crippen LogP contribution in [0.25, 0.3) is 0 Å². The second-order valence-corrected chi connectivity index (χ2v) is 31.6. The average molecular weight is 1420 g/mol. The predicted molar refractivity (Wildman–Crippen MR) is 436 cm³/mol. The molecule has 0 bridgehead atoms. The highest BCUT2D eigenvalue weighted by atomic mass is 31.2. The van der Waals surface area contributed by atoms with Crippen LogP contribution in [0.1, 0.15) is 412 Å². The summed E-state index contributed by atoms with van der Waals surface area (Å²) in [5.74, 6) is -0.774. The van der Waals surface area contributed by atoms with Gasteiger partial charge in [-0.2, -0.15) is 0 Å². The van der Waals surface area contributed by atoms with Crippen molar-refractivity contribution in [3.63, 3.8) is 0 Å². The normalized spacial score (nSPS) is 13.5. The molecule has 0 rings (SSSR count). The summed E-state index contributed by atoms with van der Waals surface area (Å²) in [6.45, 7) is 4.27. The number of nitrogens with zero attached hydrogens (tertiary/aromatic N) is 1. The van der Waals surface area contributed by atoms with E-state index >= 15 is 0 Å². The summed E-state index contributed by atoms with van der Waals surface area (Å²) in [7, 11) is 1.50. The van der Waals surface area contributed by atoms with Gasteiger partial charge in [-0.3, -0.25) is 18.6 Å². The van der Waals surface area contributed by atoms with Gasteiger partial charge in [0.05, 0.1) is 27.7 Å². The molecule has 0 aromatic rings. The summed E-state index contributed by atoms with van der Waals surface area (Å²) in [5.41, 5.74) is 0. The maximum atomic E-state index is 12.9. The highest BCUT2D eigenvalue weighted by molar-refractivity contribution is 7.47. The van der Waals surface area contributed by atoms with E-state index < -0.39 is 26.5 Å². The standard InChI is InChI=1S/C90H164NO8P/c1-6-8-10-12-14-16-18-20-22-24-26-28-30-32-34-36-38-40-42-43-44-45-46-47-49-51-53-55-57-59-61-63-65-67-69-71-73-75-77-79-81-83-90(93)99-88(87-98-100(94,95)97-85-84-91(3,4)5)86-96-89(92)82-80-78-76-74-72-70-68-66-64-62-60-58-56-54-52-50-48-41-39-37-35-33-31-29-27-25-23-21-19-17-15-13-11-9-7-2/h8-11,14-17,20-23,26-29,88H,6-7,12-13,18-19,24-25,30-87H2,1-5H3/p+1/b10-8-,11-9-,16-14-,17-15-,22-20-,23-21-,28-26-,29-27-. The molecule has 1 N–H and O–H groups in total. The van der Waals surface area contributed by atoms with E-state index in [2.05, 4.69) is 111 Å². The second kappa shape index (κ2) is 80.0. The molecule has 0 amide bonds. The molecule has 10 heteroatoms. The molecule has 0 radical (unpaired) electrons. The Morgan fingerprint density at radius 3 is 0.800 bits per heavy atom. The predicted octanol–water partition coefficient (Wildman–Crippen LogP) is 29.0. The van der Waals surface area contributed by atoms with Crippen LogP contribution in [0.3, 0.4) is 0 Å². The highest BCUT2D eigenvalue weighted by Crippen LogP contribution is 2.43. The molecule has 0 aliphatic rings. The fourth-order valence-electron chi connectivity index (χ4n) is 12.7. The number of carbonyl (C=O) groups excluding carboxylic acids is 2. The maximum absolute atomic E-state index is 12.9. The lowest BCUT2D eigenvalue weighted by Gasteiger charge is -2.24. The van der Waals surface area contributed by atoms with Crippen molar-refractivity contribution >= 4 is 19.8 Å². The number of hydrogen-bond acceptors (Lipinski definition) is 7. The molecule has 100 heavy (non-hydrogen) atoms. The highest BCUT2D eigenvalue weighted by Gasteiger charge is 2.27. The van der Waals surface area contributed by atoms with Crippen molar-refractivity contribution < 1.29 is 42.1 Å². The fourth-order valence-corrected chi connectivity index (χ4v) is 13.4. The molecule has 0 aliphatic heterocycles. The van der Waals surface area contributed by atoms with Crippen molar-refractivity contribution in [1.82, 2.24) is 0 Å². The van der Waals surface area contributed by atoms with Crippen LogP contribution in [0.2, 0.25) is 0 Å². The molecule has 0 aromatic heterocycles. The Labute approximate surface area is 621 Å². The van der Waals surface area contributed by atoms with Gasteiger partial charge in [-0.25, -0.2) is 4.57 Å². The van der Waals surface area contributed by atoms with Gasteiger partial charge in [-0.05, 0) is 89.9 Å². The number of phosphoric acid groups is 1. The molecule has 582 valence electrons. The zero-order valence-electron chi connectivity index (χ0n) is 66.7. The molecular weight excluding hydrogens is 1250 g/mol. The SMILES string of the molecule is CC/C=C\C/C=C\C/C=C\C/C=C\CCCCCCCCCCCCCCCCCCCCCCCCCCCCCCC(=O)OC(COC(=O)CCCCCCCCCCCCCCCCCCCCCCCC/C=C\C/C=C\C/C=C\C/C=C\CC)COP(=O)(O)OCC[N+](C)(C)C. The Hall–Kier alpha value is -3.07. The van der Waals surface area contributed by atoms with E-state index in [1.54, 1.807) is 0 Å². The molecule has 0 aromatic carbocycles. The van der Waals surface area contributed by atoms with Crippen LogP contribution in [0.4, 0.5) is 0 Å². The summed E-state index contributed by atoms with van der Waals surface area (Å²) in [5, 5.41) is 0. The minimum absolute atomic E-state index is 0.0332. The first-order chi connectivity index (χ1) is 49.0. The van der Waals surface area contributed by atoms with Crippen molar-refractivity contribution in [2.75, 3.05) is 47.5 Å². The van der Waals surface area contributed by atoms with Crippen LogP contribution >= 0.6 is 7.82 Å². The number of rotatable bonds is 80. The summed E-state index contributed by atoms with van der Waals surface area (Å²) in [6, 6.07) is 0. The number of likely N-dealkylation sites (N-methyl/N-ethyl adjacent to an activating group) is 1. The topological polar surface area (TPSA) is 108 Å². The Bertz CT molecular complexity index is 2010. The number of ether oxygens (including phenoxy) is 2. The van der Waals surface area contributed by atoms with Crippen molar-refractivity contribution in [1.29, 1.82) is 0 Å². The van der Waals surface area contributed by atoms with Crippen LogP contribution in [-0.4, -0.2) is 74.9 Å². The van der Waals surface area contributed by atoms with Crippen LogP contribution in [0.15, 0.2) is 97.2 Å². The smallest absolute Gasteiger partial charge is 0.462 e. The van der Waals surface area contributed by atoms with E-state index in [4.69, 9.17) is 18.5 Å². The number of unbranched alkanes of at least 4 members (excludes halogenated alkanes) is 50. The third kappa shape index (κ3) is 83.9. The van der Waals surface area contributed by atoms with E-state index in [1.807, 2.05) is 21.1 Å². The van der Waals surface area contributed by atoms with Gasteiger partial charge in [0.25, 0.3) is 0 Å². The van der Waals surface area contributed by atoms with E-state index in [0.29, 0.717) is 23.9 Å². The number of esters is 2. The maximum Gasteiger partial charge on any atom is 0.472 e. The van der Waals surface area contributed by atoms with Crippen LogP contribution in [-0.2, 0) is 32.7 Å². The third-order valence-corrected chi connectivity index (χ3v) is 20.1. The van der Waals surface area contributed by atoms with Crippen LogP contribution < -0.4 is 0 Å². The van der Waals surface area contributed by atoms with Gasteiger partial charge < -0.3 is 18.9 Å². The second-order valence-electron chi connectivity index (χ2n) is 30.2. The monoisotopic (exact) mass is 1420 g/mol. The van der Waals surface area contributed by atoms with Crippen molar-refractivity contribution in [2.45, 2.75) is 418 Å². The Kier molecular flexibility index (Phi) is 77.6. The van der Waals surface area contributed by atoms with Crippen LogP contribution in [0.5, 0.6) is 0 Å². The number of phosphoric ester groups is 1. The fraction of sp³-hybridized carbons (Fsp3) is 0.800. The van der Waals surface area contributed by atoms with Gasteiger partial charge in [0.1, 0.15) is 19.8 Å². The van der Waals surface area contributed by atoms with E-state index in [-0.39, 0.29) is 25.6 Å². The first-order valence-corrected chi connectivity index (χ1v) is 44.5. The molecule has 0 fully saturated rings. The lowest BCUT2D eigenvalue weighted by Crippen LogP contribution is -2.37. The summed E-state index contributed by atoms with van der Waals surface area (Å²) >= 11 is 0. The molecule has 2 atom stereocenters. The lowest BCUT2D eigenvalue weighted by atomic mass is 10.0. The quantitative estimate of drug-likeness (QED) is 0.0211. The van der Waals surface area contributed by atoms with Gasteiger partial charge in [0.2, 0.25) is 0 Å². The molecule has 0 heterocycles. The summed E-state index contributed by atoms with van der Waals surface area (Å²) in [6.07, 6.45) is 113. The van der Waals surface area contributed by atoms with Crippen molar-refractivity contribution in [3.05, 3.63) is 97.2 Å². The first kappa shape index (κ1) is 96.9. The number of carbonyl (C=O) groups is 2. The van der Waals surface area contributed by atoms with Crippen molar-refractivity contribution in [2.24, 2.45) is 0 Å². The molecule has 9 nitrogen and oxygen atoms in total. The minimum atomic E-state index is -4.40. The van der Waals surface area contributed by atoms with Gasteiger partial charge in [-0.1, -0.05) is 406 Å². The largest absolute Gasteiger partial charge is 0.472 e. The minimum Gasteiger partial charge on any atom is -0.462 e. The zero-order chi connectivity index (χ0) is 72.5. The first-order valence-electron chi connectivity index (χ1n) is 43.0. The van der Waals surface area contributed by atoms with Gasteiger partial charge in [0.15, 0.2) is 6.10 Å². The number of allylic oxidation sites excluding steroid dienone is 16. The zero-order valence-corrected chi connectivity index (χ0v) is 67.6. The van der Waals surface area contributed by atoms with Gasteiger partial charge in [-0.15, -0.1) is 0 Å². The third-order valence-electron chi connectivity index (χ3n) is 19.1. The van der Waals surface area contributed by atoms with E-state index in [0.717, 1.165) is 83.5 Å². The number of quaternary nitrogens is 1. The van der Waals surface area contributed by atoms with E-state index in [9.17, 15) is 19.0 Å². The Balaban J connectivity index is 3.87. The molecule has 0 saturated carbocycles. The van der Waals surface area contributed by atoms with Crippen LogP contribution in [0, 0.1) is 0 Å². The summed E-state index contributed by atoms with van der Waals surface area (Å²) in [4.78, 5) is 36.0. The lowest BCUT2D eigenvalue weighted by molar-refractivity contribution is -0.870. The molecule has 2 unspecified atom stereocenters. The average Bonchev–Trinajstić information content (AvgIpc) is 1.30. The molecule has 0 aliphatic carbocycles. The van der Waals surface area contributed by atoms with Gasteiger partial charge >= 0.3 is 19.8 Å².